The fraction of sp³-hybridized carbons (Fsp3) is 0.632. The number of nitrogens with one attached hydrogen (secondary N) is 3. The van der Waals surface area contributed by atoms with Crippen molar-refractivity contribution in [2.24, 2.45) is 11.8 Å². The van der Waals surface area contributed by atoms with Gasteiger partial charge in [0.25, 0.3) is 0 Å². The number of rotatable bonds is 5. The van der Waals surface area contributed by atoms with Crippen molar-refractivity contribution in [2.75, 3.05) is 44.6 Å². The summed E-state index contributed by atoms with van der Waals surface area (Å²) in [6.07, 6.45) is 4.90. The molecule has 3 N–H and O–H groups in total. The number of nitrogens with zero attached hydrogens (tertiary/aromatic N) is 1. The number of piperidine rings is 2. The van der Waals surface area contributed by atoms with Gasteiger partial charge in [0.2, 0.25) is 0 Å². The van der Waals surface area contributed by atoms with E-state index in [4.69, 9.17) is 0 Å². The molecule has 3 rings (SSSR count). The molecule has 2 amide bonds. The van der Waals surface area contributed by atoms with Crippen LogP contribution in [0, 0.1) is 17.7 Å². The number of likely N-dealkylation sites (tertiary alicyclic amines) is 1. The minimum absolute atomic E-state index is 0.263. The quantitative estimate of drug-likeness (QED) is 0.767. The number of halogens is 1. The van der Waals surface area contributed by atoms with Crippen LogP contribution in [0.25, 0.3) is 0 Å². The molecule has 0 bridgehead atoms. The second-order valence-electron chi connectivity index (χ2n) is 7.31. The summed E-state index contributed by atoms with van der Waals surface area (Å²) in [6, 6.07) is 5.69. The lowest BCUT2D eigenvalue weighted by Crippen LogP contribution is -2.44. The van der Waals surface area contributed by atoms with Crippen LogP contribution in [0.4, 0.5) is 14.9 Å². The van der Waals surface area contributed by atoms with Crippen molar-refractivity contribution < 1.29 is 9.18 Å². The largest absolute Gasteiger partial charge is 0.338 e. The van der Waals surface area contributed by atoms with Crippen molar-refractivity contribution in [2.45, 2.75) is 25.7 Å². The van der Waals surface area contributed by atoms with E-state index >= 15 is 0 Å². The summed E-state index contributed by atoms with van der Waals surface area (Å²) in [5.74, 6) is 0.955. The lowest BCUT2D eigenvalue weighted by Gasteiger charge is -2.36. The van der Waals surface area contributed by atoms with E-state index < -0.39 is 0 Å². The molecule has 2 fully saturated rings. The molecule has 138 valence electrons. The first-order valence-electron chi connectivity index (χ1n) is 9.42. The van der Waals surface area contributed by atoms with Gasteiger partial charge in [0.15, 0.2) is 0 Å². The first kappa shape index (κ1) is 18.1. The van der Waals surface area contributed by atoms with E-state index in [-0.39, 0.29) is 11.8 Å². The highest BCUT2D eigenvalue weighted by atomic mass is 19.1. The molecule has 5 nitrogen and oxygen atoms in total. The van der Waals surface area contributed by atoms with Gasteiger partial charge in [-0.15, -0.1) is 0 Å². The van der Waals surface area contributed by atoms with E-state index in [1.807, 2.05) is 0 Å². The molecule has 2 heterocycles. The van der Waals surface area contributed by atoms with Crippen LogP contribution < -0.4 is 16.0 Å². The average Bonchev–Trinajstić information content (AvgIpc) is 2.61. The Bertz CT molecular complexity index is 562. The highest BCUT2D eigenvalue weighted by molar-refractivity contribution is 5.89. The Morgan fingerprint density at radius 3 is 2.88 bits per heavy atom. The number of urea groups is 1. The first-order valence-corrected chi connectivity index (χ1v) is 9.42. The summed E-state index contributed by atoms with van der Waals surface area (Å²) < 4.78 is 13.1. The number of carbonyl (C=O) groups excluding carboxylic acids is 1. The van der Waals surface area contributed by atoms with Crippen molar-refractivity contribution in [1.29, 1.82) is 0 Å². The molecule has 1 atom stereocenters. The van der Waals surface area contributed by atoms with Gasteiger partial charge >= 0.3 is 6.03 Å². The second-order valence-corrected chi connectivity index (χ2v) is 7.31. The zero-order valence-electron chi connectivity index (χ0n) is 14.8. The maximum atomic E-state index is 13.1. The molecule has 0 radical (unpaired) electrons. The standard InChI is InChI=1S/C19H29FN4O/c20-17-4-1-5-18(11-17)23-19(25)22-12-16-3-2-10-24(14-16)13-15-6-8-21-9-7-15/h1,4-5,11,15-16,21H,2-3,6-10,12-14H2,(H2,22,23,25). The van der Waals surface area contributed by atoms with Gasteiger partial charge in [0.05, 0.1) is 0 Å². The summed E-state index contributed by atoms with van der Waals surface area (Å²) in [5.41, 5.74) is 0.480. The van der Waals surface area contributed by atoms with Crippen LogP contribution in [-0.2, 0) is 0 Å². The molecular weight excluding hydrogens is 319 g/mol. The lowest BCUT2D eigenvalue weighted by atomic mass is 9.93. The predicted molar refractivity (Wildman–Crippen MR) is 98.2 cm³/mol. The highest BCUT2D eigenvalue weighted by Crippen LogP contribution is 2.20. The highest BCUT2D eigenvalue weighted by Gasteiger charge is 2.23. The van der Waals surface area contributed by atoms with E-state index in [9.17, 15) is 9.18 Å². The van der Waals surface area contributed by atoms with Crippen LogP contribution in [0.3, 0.4) is 0 Å². The van der Waals surface area contributed by atoms with Crippen LogP contribution in [0.2, 0.25) is 0 Å². The average molecular weight is 348 g/mol. The Labute approximate surface area is 149 Å². The minimum atomic E-state index is -0.348. The topological polar surface area (TPSA) is 56.4 Å². The summed E-state index contributed by atoms with van der Waals surface area (Å²) in [7, 11) is 0. The van der Waals surface area contributed by atoms with Gasteiger partial charge in [-0.25, -0.2) is 9.18 Å². The van der Waals surface area contributed by atoms with E-state index in [1.165, 1.54) is 44.5 Å². The van der Waals surface area contributed by atoms with Crippen LogP contribution >= 0.6 is 0 Å². The molecule has 0 saturated carbocycles. The van der Waals surface area contributed by atoms with Crippen molar-refractivity contribution in [3.8, 4) is 0 Å². The van der Waals surface area contributed by atoms with Gasteiger partial charge in [-0.2, -0.15) is 0 Å². The number of amides is 2. The Hall–Kier alpha value is -1.66. The Morgan fingerprint density at radius 2 is 2.08 bits per heavy atom. The summed E-state index contributed by atoms with van der Waals surface area (Å²) in [6.45, 7) is 6.38. The third-order valence-electron chi connectivity index (χ3n) is 5.21. The van der Waals surface area contributed by atoms with Gasteiger partial charge in [0, 0.05) is 25.3 Å². The Morgan fingerprint density at radius 1 is 1.24 bits per heavy atom. The molecule has 25 heavy (non-hydrogen) atoms. The van der Waals surface area contributed by atoms with Crippen LogP contribution in [0.15, 0.2) is 24.3 Å². The van der Waals surface area contributed by atoms with Gasteiger partial charge in [-0.1, -0.05) is 6.07 Å². The normalized spacial score (nSPS) is 22.5. The maximum Gasteiger partial charge on any atom is 0.319 e. The summed E-state index contributed by atoms with van der Waals surface area (Å²) >= 11 is 0. The molecule has 6 heteroatoms. The molecular formula is C19H29FN4O. The Balaban J connectivity index is 1.39. The molecule has 0 aromatic heterocycles. The first-order chi connectivity index (χ1) is 12.2. The van der Waals surface area contributed by atoms with Gasteiger partial charge in [-0.05, 0) is 75.4 Å². The molecule has 0 spiro atoms. The lowest BCUT2D eigenvalue weighted by molar-refractivity contribution is 0.139. The third kappa shape index (κ3) is 5.97. The molecule has 1 aromatic rings. The summed E-state index contributed by atoms with van der Waals surface area (Å²) in [4.78, 5) is 14.6. The van der Waals surface area contributed by atoms with Crippen molar-refractivity contribution in [1.82, 2.24) is 15.5 Å². The predicted octanol–water partition coefficient (Wildman–Crippen LogP) is 2.66. The number of anilines is 1. The number of hydrogen-bond donors (Lipinski definition) is 3. The Kier molecular flexibility index (Phi) is 6.64. The van der Waals surface area contributed by atoms with E-state index in [0.717, 1.165) is 32.0 Å². The third-order valence-corrected chi connectivity index (χ3v) is 5.21. The monoisotopic (exact) mass is 348 g/mol. The van der Waals surface area contributed by atoms with Crippen molar-refractivity contribution in [3.63, 3.8) is 0 Å². The second kappa shape index (κ2) is 9.15. The van der Waals surface area contributed by atoms with Gasteiger partial charge in [-0.3, -0.25) is 0 Å². The minimum Gasteiger partial charge on any atom is -0.338 e. The number of carbonyl (C=O) groups is 1. The van der Waals surface area contributed by atoms with Crippen molar-refractivity contribution in [3.05, 3.63) is 30.1 Å². The molecule has 0 aliphatic carbocycles. The molecule has 2 saturated heterocycles. The maximum absolute atomic E-state index is 13.1. The number of hydrogen-bond acceptors (Lipinski definition) is 3. The smallest absolute Gasteiger partial charge is 0.319 e. The zero-order valence-corrected chi connectivity index (χ0v) is 14.8. The number of benzene rings is 1. The fourth-order valence-electron chi connectivity index (χ4n) is 3.89. The van der Waals surface area contributed by atoms with Gasteiger partial charge in [0.1, 0.15) is 5.82 Å². The fourth-order valence-corrected chi connectivity index (χ4v) is 3.89. The molecule has 1 aromatic carbocycles. The van der Waals surface area contributed by atoms with Crippen LogP contribution in [0.5, 0.6) is 0 Å². The molecule has 2 aliphatic heterocycles. The van der Waals surface area contributed by atoms with Gasteiger partial charge < -0.3 is 20.9 Å². The van der Waals surface area contributed by atoms with Crippen LogP contribution in [0.1, 0.15) is 25.7 Å². The van der Waals surface area contributed by atoms with E-state index in [1.54, 1.807) is 12.1 Å². The zero-order chi connectivity index (χ0) is 17.5. The van der Waals surface area contributed by atoms with E-state index in [0.29, 0.717) is 18.2 Å². The molecule has 1 unspecified atom stereocenters. The van der Waals surface area contributed by atoms with E-state index in [2.05, 4.69) is 20.9 Å². The summed E-state index contributed by atoms with van der Waals surface area (Å²) in [5, 5.41) is 9.04. The van der Waals surface area contributed by atoms with Crippen molar-refractivity contribution >= 4 is 11.7 Å². The molecule has 2 aliphatic rings. The SMILES string of the molecule is O=C(NCC1CCCN(CC2CCNCC2)C1)Nc1cccc(F)c1. The van der Waals surface area contributed by atoms with Crippen LogP contribution in [-0.4, -0.2) is 50.2 Å².